The van der Waals surface area contributed by atoms with Crippen molar-refractivity contribution in [3.63, 3.8) is 0 Å². The molecule has 0 aromatic heterocycles. The Hall–Kier alpha value is -2.63. The fourth-order valence-corrected chi connectivity index (χ4v) is 1.44. The molecule has 6 nitrogen and oxygen atoms in total. The zero-order valence-corrected chi connectivity index (χ0v) is 8.81. The number of amides is 3. The van der Waals surface area contributed by atoms with Crippen LogP contribution >= 0.6 is 0 Å². The first-order valence-electron chi connectivity index (χ1n) is 4.88. The van der Waals surface area contributed by atoms with Crippen molar-refractivity contribution in [3.8, 4) is 0 Å². The van der Waals surface area contributed by atoms with Crippen LogP contribution in [0.2, 0.25) is 0 Å². The lowest BCUT2D eigenvalue weighted by Gasteiger charge is -2.16. The van der Waals surface area contributed by atoms with E-state index in [1.807, 2.05) is 30.3 Å². The Morgan fingerprint density at radius 2 is 1.82 bits per heavy atom. The molecule has 0 saturated carbocycles. The number of rotatable bonds is 1. The van der Waals surface area contributed by atoms with E-state index in [1.54, 1.807) is 6.08 Å². The van der Waals surface area contributed by atoms with Crippen molar-refractivity contribution in [3.05, 3.63) is 41.5 Å². The average Bonchev–Trinajstić information content (AvgIpc) is 2.33. The summed E-state index contributed by atoms with van der Waals surface area (Å²) in [5.74, 6) is 4.66. The van der Waals surface area contributed by atoms with E-state index in [4.69, 9.17) is 5.84 Å². The molecule has 0 atom stereocenters. The molecule has 86 valence electrons. The van der Waals surface area contributed by atoms with Crippen LogP contribution in [0.5, 0.6) is 0 Å². The van der Waals surface area contributed by atoms with Crippen LogP contribution in [0.15, 0.2) is 41.0 Å². The minimum Gasteiger partial charge on any atom is -0.321 e. The topological polar surface area (TPSA) is 96.6 Å². The Morgan fingerprint density at radius 1 is 1.12 bits per heavy atom. The van der Waals surface area contributed by atoms with Crippen LogP contribution in [-0.2, 0) is 4.79 Å². The summed E-state index contributed by atoms with van der Waals surface area (Å²) in [6.07, 6.45) is 1.60. The number of benzene rings is 1. The monoisotopic (exact) mass is 230 g/mol. The summed E-state index contributed by atoms with van der Waals surface area (Å²) in [6, 6.07) is 8.55. The molecule has 3 amide bonds. The number of imide groups is 1. The molecule has 6 heteroatoms. The highest BCUT2D eigenvalue weighted by molar-refractivity contribution is 6.32. The van der Waals surface area contributed by atoms with Crippen molar-refractivity contribution in [2.24, 2.45) is 10.9 Å². The first-order valence-corrected chi connectivity index (χ1v) is 4.88. The van der Waals surface area contributed by atoms with Crippen LogP contribution in [0.25, 0.3) is 6.08 Å². The van der Waals surface area contributed by atoms with Gasteiger partial charge in [0.25, 0.3) is 5.91 Å². The van der Waals surface area contributed by atoms with E-state index in [2.05, 4.69) is 15.7 Å². The number of carbonyl (C=O) groups excluding carboxylic acids is 2. The highest BCUT2D eigenvalue weighted by Crippen LogP contribution is 2.09. The highest BCUT2D eigenvalue weighted by Gasteiger charge is 2.25. The number of hydrogen-bond acceptors (Lipinski definition) is 4. The molecule has 0 aliphatic carbocycles. The van der Waals surface area contributed by atoms with Gasteiger partial charge >= 0.3 is 6.03 Å². The van der Waals surface area contributed by atoms with Gasteiger partial charge in [-0.05, 0) is 11.6 Å². The second-order valence-corrected chi connectivity index (χ2v) is 3.35. The molecule has 2 rings (SSSR count). The highest BCUT2D eigenvalue weighted by atomic mass is 16.2. The van der Waals surface area contributed by atoms with Crippen LogP contribution in [0.3, 0.4) is 0 Å². The summed E-state index contributed by atoms with van der Waals surface area (Å²) in [5, 5.41) is 7.85. The Kier molecular flexibility index (Phi) is 2.87. The summed E-state index contributed by atoms with van der Waals surface area (Å²) in [7, 11) is 0. The molecule has 0 unspecified atom stereocenters. The first kappa shape index (κ1) is 10.9. The Morgan fingerprint density at radius 3 is 2.47 bits per heavy atom. The van der Waals surface area contributed by atoms with Gasteiger partial charge in [-0.3, -0.25) is 15.4 Å². The smallest absolute Gasteiger partial charge is 0.321 e. The number of hydrazone groups is 1. The van der Waals surface area contributed by atoms with Crippen molar-refractivity contribution < 1.29 is 9.59 Å². The van der Waals surface area contributed by atoms with Gasteiger partial charge in [-0.25, -0.2) is 4.79 Å². The summed E-state index contributed by atoms with van der Waals surface area (Å²) in [5.41, 5.74) is 1.04. The minimum absolute atomic E-state index is 0.0580. The first-order chi connectivity index (χ1) is 8.20. The van der Waals surface area contributed by atoms with E-state index in [1.165, 1.54) is 0 Å². The number of carbonyl (C=O) groups is 2. The van der Waals surface area contributed by atoms with Gasteiger partial charge in [-0.1, -0.05) is 30.3 Å². The molecule has 1 aromatic carbocycles. The lowest BCUT2D eigenvalue weighted by atomic mass is 10.1. The molecular weight excluding hydrogens is 220 g/mol. The Labute approximate surface area is 97.2 Å². The molecule has 0 bridgehead atoms. The zero-order chi connectivity index (χ0) is 12.3. The largest absolute Gasteiger partial charge is 0.327 e. The second kappa shape index (κ2) is 4.48. The van der Waals surface area contributed by atoms with E-state index in [9.17, 15) is 9.59 Å². The van der Waals surface area contributed by atoms with Gasteiger partial charge in [0, 0.05) is 0 Å². The van der Waals surface area contributed by atoms with Gasteiger partial charge in [-0.2, -0.15) is 5.10 Å². The molecule has 1 fully saturated rings. The summed E-state index contributed by atoms with van der Waals surface area (Å²) < 4.78 is 0. The van der Waals surface area contributed by atoms with Crippen LogP contribution in [0.1, 0.15) is 5.56 Å². The maximum absolute atomic E-state index is 11.6. The molecule has 4 N–H and O–H groups in total. The molecule has 1 aromatic rings. The quantitative estimate of drug-likeness (QED) is 0.365. The molecule has 17 heavy (non-hydrogen) atoms. The van der Waals surface area contributed by atoms with Crippen LogP contribution < -0.4 is 16.5 Å². The van der Waals surface area contributed by atoms with Crippen molar-refractivity contribution in [2.75, 3.05) is 0 Å². The summed E-state index contributed by atoms with van der Waals surface area (Å²) >= 11 is 0. The third-order valence-corrected chi connectivity index (χ3v) is 2.20. The molecule has 1 aliphatic rings. The van der Waals surface area contributed by atoms with Crippen LogP contribution in [0.4, 0.5) is 4.79 Å². The lowest BCUT2D eigenvalue weighted by Crippen LogP contribution is -2.51. The minimum atomic E-state index is -0.635. The molecule has 0 spiro atoms. The maximum Gasteiger partial charge on any atom is 0.327 e. The predicted octanol–water partition coefficient (Wildman–Crippen LogP) is 0.182. The zero-order valence-electron chi connectivity index (χ0n) is 8.81. The van der Waals surface area contributed by atoms with Gasteiger partial charge in [0.15, 0.2) is 5.84 Å². The molecular formula is C11H10N4O2. The number of hydrogen-bond donors (Lipinski definition) is 3. The van der Waals surface area contributed by atoms with Gasteiger partial charge in [0.2, 0.25) is 0 Å². The number of nitrogens with one attached hydrogen (secondary N) is 2. The van der Waals surface area contributed by atoms with Gasteiger partial charge in [0.05, 0.1) is 5.57 Å². The van der Waals surface area contributed by atoms with Gasteiger partial charge in [0.1, 0.15) is 0 Å². The number of nitrogens with two attached hydrogens (primary N) is 1. The molecule has 1 saturated heterocycles. The van der Waals surface area contributed by atoms with E-state index in [-0.39, 0.29) is 11.4 Å². The fraction of sp³-hybridized carbons (Fsp3) is 0. The van der Waals surface area contributed by atoms with E-state index in [0.717, 1.165) is 5.56 Å². The number of urea groups is 1. The van der Waals surface area contributed by atoms with Gasteiger partial charge in [-0.15, -0.1) is 0 Å². The SMILES string of the molecule is N/N=C1\NC(=O)NC(=O)\C1=C/c1ccccc1. The Bertz CT molecular complexity index is 520. The van der Waals surface area contributed by atoms with Crippen LogP contribution in [0, 0.1) is 0 Å². The van der Waals surface area contributed by atoms with Crippen LogP contribution in [-0.4, -0.2) is 17.8 Å². The van der Waals surface area contributed by atoms with Crippen molar-refractivity contribution >= 4 is 23.8 Å². The number of nitrogens with zero attached hydrogens (tertiary/aromatic N) is 1. The van der Waals surface area contributed by atoms with E-state index >= 15 is 0 Å². The Balaban J connectivity index is 2.39. The van der Waals surface area contributed by atoms with Crippen molar-refractivity contribution in [1.29, 1.82) is 0 Å². The van der Waals surface area contributed by atoms with E-state index in [0.29, 0.717) is 0 Å². The number of amidine groups is 1. The van der Waals surface area contributed by atoms with Crippen molar-refractivity contribution in [2.45, 2.75) is 0 Å². The lowest BCUT2D eigenvalue weighted by molar-refractivity contribution is -0.116. The van der Waals surface area contributed by atoms with E-state index < -0.39 is 11.9 Å². The maximum atomic E-state index is 11.6. The van der Waals surface area contributed by atoms with Crippen molar-refractivity contribution in [1.82, 2.24) is 10.6 Å². The normalized spacial score (nSPS) is 20.2. The average molecular weight is 230 g/mol. The predicted molar refractivity (Wildman–Crippen MR) is 62.7 cm³/mol. The summed E-state index contributed by atoms with van der Waals surface area (Å²) in [6.45, 7) is 0. The molecule has 1 heterocycles. The molecule has 0 radical (unpaired) electrons. The molecule has 1 aliphatic heterocycles. The third-order valence-electron chi connectivity index (χ3n) is 2.20. The van der Waals surface area contributed by atoms with Gasteiger partial charge < -0.3 is 5.84 Å². The standard InChI is InChI=1S/C11H10N4O2/c12-15-9-8(10(16)14-11(17)13-9)6-7-4-2-1-3-5-7/h1-6H,12H2,(H2,13,14,15,16,17)/b8-6-. The third kappa shape index (κ3) is 2.31. The second-order valence-electron chi connectivity index (χ2n) is 3.35. The summed E-state index contributed by atoms with van der Waals surface area (Å²) in [4.78, 5) is 22.6. The fourth-order valence-electron chi connectivity index (χ4n) is 1.44.